The lowest BCUT2D eigenvalue weighted by Gasteiger charge is -2.16. The van der Waals surface area contributed by atoms with E-state index >= 15 is 0 Å². The van der Waals surface area contributed by atoms with E-state index in [4.69, 9.17) is 9.47 Å². The van der Waals surface area contributed by atoms with Gasteiger partial charge in [0.2, 0.25) is 0 Å². The molecule has 1 N–H and O–H groups in total. The number of aryl methyl sites for hydroxylation is 2. The van der Waals surface area contributed by atoms with Crippen LogP contribution in [0.3, 0.4) is 0 Å². The van der Waals surface area contributed by atoms with Crippen LogP contribution < -0.4 is 10.1 Å². The number of hydrogen-bond donors (Lipinski definition) is 1. The molecular formula is C20H23NO4. The van der Waals surface area contributed by atoms with Crippen LogP contribution in [0, 0.1) is 13.8 Å². The molecule has 0 radical (unpaired) electrons. The molecule has 5 heteroatoms. The second-order valence-electron chi connectivity index (χ2n) is 5.87. The molecular weight excluding hydrogens is 318 g/mol. The molecule has 2 rings (SSSR count). The van der Waals surface area contributed by atoms with Crippen LogP contribution in [0.1, 0.15) is 35.3 Å². The van der Waals surface area contributed by atoms with Gasteiger partial charge in [-0.25, -0.2) is 4.79 Å². The van der Waals surface area contributed by atoms with E-state index in [0.29, 0.717) is 23.6 Å². The van der Waals surface area contributed by atoms with Gasteiger partial charge in [0.25, 0.3) is 5.91 Å². The molecule has 0 aliphatic carbocycles. The van der Waals surface area contributed by atoms with Crippen LogP contribution in [-0.2, 0) is 9.53 Å². The number of ether oxygens (including phenoxy) is 2. The van der Waals surface area contributed by atoms with Crippen LogP contribution in [0.4, 0.5) is 5.69 Å². The summed E-state index contributed by atoms with van der Waals surface area (Å²) >= 11 is 0. The minimum absolute atomic E-state index is 0.261. The molecule has 0 aromatic heterocycles. The Morgan fingerprint density at radius 3 is 2.20 bits per heavy atom. The molecule has 0 saturated carbocycles. The van der Waals surface area contributed by atoms with Crippen LogP contribution in [0.5, 0.6) is 5.75 Å². The first-order chi connectivity index (χ1) is 11.9. The third-order valence-corrected chi connectivity index (χ3v) is 3.54. The molecule has 5 nitrogen and oxygen atoms in total. The molecule has 0 fully saturated rings. The molecule has 0 bridgehead atoms. The van der Waals surface area contributed by atoms with Crippen LogP contribution in [0.2, 0.25) is 0 Å². The SMILES string of the molecule is CCOC(=O)c1ccc(NC(=O)C(C)Oc2cc(C)cc(C)c2)cc1. The Morgan fingerprint density at radius 2 is 1.64 bits per heavy atom. The normalized spacial score (nSPS) is 11.5. The Kier molecular flexibility index (Phi) is 6.17. The lowest BCUT2D eigenvalue weighted by molar-refractivity contribution is -0.122. The number of carbonyl (C=O) groups excluding carboxylic acids is 2. The van der Waals surface area contributed by atoms with Gasteiger partial charge in [-0.05, 0) is 75.2 Å². The Morgan fingerprint density at radius 1 is 1.04 bits per heavy atom. The fraction of sp³-hybridized carbons (Fsp3) is 0.300. The van der Waals surface area contributed by atoms with Crippen LogP contribution in [-0.4, -0.2) is 24.6 Å². The largest absolute Gasteiger partial charge is 0.481 e. The van der Waals surface area contributed by atoms with Crippen molar-refractivity contribution in [1.82, 2.24) is 0 Å². The number of anilines is 1. The third kappa shape index (κ3) is 5.35. The minimum Gasteiger partial charge on any atom is -0.481 e. The Hall–Kier alpha value is -2.82. The molecule has 1 atom stereocenters. The predicted octanol–water partition coefficient (Wildman–Crippen LogP) is 3.89. The quantitative estimate of drug-likeness (QED) is 0.810. The van der Waals surface area contributed by atoms with Gasteiger partial charge < -0.3 is 14.8 Å². The standard InChI is InChI=1S/C20H23NO4/c1-5-24-20(23)16-6-8-17(9-7-16)21-19(22)15(4)25-18-11-13(2)10-14(3)12-18/h6-12,15H,5H2,1-4H3,(H,21,22). The van der Waals surface area contributed by atoms with Gasteiger partial charge in [-0.1, -0.05) is 6.07 Å². The number of hydrogen-bond acceptors (Lipinski definition) is 4. The molecule has 25 heavy (non-hydrogen) atoms. The highest BCUT2D eigenvalue weighted by molar-refractivity contribution is 5.95. The van der Waals surface area contributed by atoms with Gasteiger partial charge in [-0.15, -0.1) is 0 Å². The van der Waals surface area contributed by atoms with Crippen molar-refractivity contribution in [3.8, 4) is 5.75 Å². The summed E-state index contributed by atoms with van der Waals surface area (Å²) in [6.45, 7) is 7.74. The van der Waals surface area contributed by atoms with E-state index in [9.17, 15) is 9.59 Å². The number of rotatable bonds is 6. The van der Waals surface area contributed by atoms with Gasteiger partial charge >= 0.3 is 5.97 Å². The smallest absolute Gasteiger partial charge is 0.338 e. The van der Waals surface area contributed by atoms with Gasteiger partial charge in [0.1, 0.15) is 5.75 Å². The second-order valence-corrected chi connectivity index (χ2v) is 5.87. The average molecular weight is 341 g/mol. The van der Waals surface area contributed by atoms with E-state index in [1.54, 1.807) is 38.1 Å². The van der Waals surface area contributed by atoms with Gasteiger partial charge in [0.15, 0.2) is 6.10 Å². The van der Waals surface area contributed by atoms with Gasteiger partial charge in [-0.3, -0.25) is 4.79 Å². The van der Waals surface area contributed by atoms with E-state index < -0.39 is 6.10 Å². The van der Waals surface area contributed by atoms with Crippen molar-refractivity contribution >= 4 is 17.6 Å². The number of amides is 1. The monoisotopic (exact) mass is 341 g/mol. The van der Waals surface area contributed by atoms with Gasteiger partial charge in [0, 0.05) is 5.69 Å². The number of benzene rings is 2. The summed E-state index contributed by atoms with van der Waals surface area (Å²) in [5.74, 6) is 0.0211. The van der Waals surface area contributed by atoms with Crippen molar-refractivity contribution in [3.63, 3.8) is 0 Å². The Labute approximate surface area is 148 Å². The van der Waals surface area contributed by atoms with Gasteiger partial charge in [-0.2, -0.15) is 0 Å². The fourth-order valence-corrected chi connectivity index (χ4v) is 2.41. The van der Waals surface area contributed by atoms with Crippen molar-refractivity contribution in [1.29, 1.82) is 0 Å². The highest BCUT2D eigenvalue weighted by Gasteiger charge is 2.15. The van der Waals surface area contributed by atoms with E-state index in [1.165, 1.54) is 0 Å². The van der Waals surface area contributed by atoms with E-state index in [0.717, 1.165) is 11.1 Å². The average Bonchev–Trinajstić information content (AvgIpc) is 2.54. The first kappa shape index (κ1) is 18.5. The second kappa shape index (κ2) is 8.33. The molecule has 2 aromatic carbocycles. The van der Waals surface area contributed by atoms with E-state index in [1.807, 2.05) is 32.0 Å². The number of carbonyl (C=O) groups is 2. The van der Waals surface area contributed by atoms with Crippen molar-refractivity contribution < 1.29 is 19.1 Å². The maximum atomic E-state index is 12.3. The summed E-state index contributed by atoms with van der Waals surface area (Å²) in [4.78, 5) is 23.9. The van der Waals surface area contributed by atoms with Crippen LogP contribution in [0.25, 0.3) is 0 Å². The summed E-state index contributed by atoms with van der Waals surface area (Å²) in [5, 5.41) is 2.77. The minimum atomic E-state index is -0.647. The molecule has 1 unspecified atom stereocenters. The lowest BCUT2D eigenvalue weighted by atomic mass is 10.1. The van der Waals surface area contributed by atoms with Crippen molar-refractivity contribution in [2.75, 3.05) is 11.9 Å². The maximum Gasteiger partial charge on any atom is 0.338 e. The van der Waals surface area contributed by atoms with Crippen molar-refractivity contribution in [2.45, 2.75) is 33.8 Å². The van der Waals surface area contributed by atoms with Crippen LogP contribution >= 0.6 is 0 Å². The van der Waals surface area contributed by atoms with Crippen molar-refractivity contribution in [3.05, 3.63) is 59.2 Å². The summed E-state index contributed by atoms with van der Waals surface area (Å²) in [6, 6.07) is 12.4. The van der Waals surface area contributed by atoms with Gasteiger partial charge in [0.05, 0.1) is 12.2 Å². The highest BCUT2D eigenvalue weighted by atomic mass is 16.5. The fourth-order valence-electron chi connectivity index (χ4n) is 2.41. The number of nitrogens with one attached hydrogen (secondary N) is 1. The molecule has 0 spiro atoms. The Bertz CT molecular complexity index is 733. The highest BCUT2D eigenvalue weighted by Crippen LogP contribution is 2.18. The zero-order valence-corrected chi connectivity index (χ0v) is 15.0. The summed E-state index contributed by atoms with van der Waals surface area (Å²) in [7, 11) is 0. The zero-order valence-electron chi connectivity index (χ0n) is 15.0. The summed E-state index contributed by atoms with van der Waals surface area (Å²) in [6.07, 6.45) is -0.647. The number of esters is 1. The van der Waals surface area contributed by atoms with E-state index in [2.05, 4.69) is 5.32 Å². The molecule has 2 aromatic rings. The predicted molar refractivity (Wildman–Crippen MR) is 97.0 cm³/mol. The first-order valence-electron chi connectivity index (χ1n) is 8.22. The Balaban J connectivity index is 1.97. The molecule has 1 amide bonds. The summed E-state index contributed by atoms with van der Waals surface area (Å²) < 4.78 is 10.6. The van der Waals surface area contributed by atoms with Crippen LogP contribution in [0.15, 0.2) is 42.5 Å². The maximum absolute atomic E-state index is 12.3. The first-order valence-corrected chi connectivity index (χ1v) is 8.22. The molecule has 0 aliphatic rings. The van der Waals surface area contributed by atoms with E-state index in [-0.39, 0.29) is 11.9 Å². The van der Waals surface area contributed by atoms with Crippen molar-refractivity contribution in [2.24, 2.45) is 0 Å². The topological polar surface area (TPSA) is 64.6 Å². The lowest BCUT2D eigenvalue weighted by Crippen LogP contribution is -2.30. The molecule has 132 valence electrons. The zero-order chi connectivity index (χ0) is 18.4. The molecule has 0 aliphatic heterocycles. The molecule has 0 saturated heterocycles. The summed E-state index contributed by atoms with van der Waals surface area (Å²) in [5.41, 5.74) is 3.20. The molecule has 0 heterocycles. The third-order valence-electron chi connectivity index (χ3n) is 3.54.